The number of amides is 3. The van der Waals surface area contributed by atoms with Gasteiger partial charge in [0.2, 0.25) is 5.72 Å². The van der Waals surface area contributed by atoms with Crippen molar-refractivity contribution in [3.8, 4) is 0 Å². The number of aliphatic hydroxyl groups is 1. The topological polar surface area (TPSA) is 109 Å². The van der Waals surface area contributed by atoms with Crippen LogP contribution in [0.5, 0.6) is 0 Å². The summed E-state index contributed by atoms with van der Waals surface area (Å²) in [5.41, 5.74) is 0.0215. The summed E-state index contributed by atoms with van der Waals surface area (Å²) in [6, 6.07) is 5.59. The average Bonchev–Trinajstić information content (AvgIpc) is 3.50. The molecule has 4 fully saturated rings. The number of urea groups is 1. The Morgan fingerprint density at radius 2 is 2.18 bits per heavy atom. The zero-order valence-corrected chi connectivity index (χ0v) is 19.9. The van der Waals surface area contributed by atoms with E-state index in [1.807, 2.05) is 6.08 Å². The van der Waals surface area contributed by atoms with Crippen LogP contribution in [0.25, 0.3) is 0 Å². The Morgan fingerprint density at radius 3 is 2.85 bits per heavy atom. The molecule has 3 atom stereocenters. The molecule has 0 aromatic heterocycles. The number of hydrogen-bond donors (Lipinski definition) is 3. The van der Waals surface area contributed by atoms with E-state index in [1.54, 1.807) is 31.2 Å². The van der Waals surface area contributed by atoms with Gasteiger partial charge in [0.1, 0.15) is 6.04 Å². The molecule has 1 aromatic rings. The Labute approximate surface area is 203 Å². The molecule has 9 nitrogen and oxygen atoms in total. The Kier molecular flexibility index (Phi) is 5.92. The molecule has 3 N–H and O–H groups in total. The lowest BCUT2D eigenvalue weighted by Crippen LogP contribution is -2.67. The van der Waals surface area contributed by atoms with Crippen molar-refractivity contribution in [1.82, 2.24) is 14.7 Å². The van der Waals surface area contributed by atoms with Crippen LogP contribution in [0.3, 0.4) is 0 Å². The minimum absolute atomic E-state index is 0.0398. The second-order valence-electron chi connectivity index (χ2n) is 9.78. The van der Waals surface area contributed by atoms with Gasteiger partial charge in [-0.15, -0.1) is 0 Å². The van der Waals surface area contributed by atoms with Crippen LogP contribution in [0.4, 0.5) is 10.5 Å². The Balaban J connectivity index is 1.30. The van der Waals surface area contributed by atoms with E-state index >= 15 is 0 Å². The summed E-state index contributed by atoms with van der Waals surface area (Å²) >= 11 is 6.01. The molecule has 0 bridgehead atoms. The summed E-state index contributed by atoms with van der Waals surface area (Å²) in [5.74, 6) is -0.296. The summed E-state index contributed by atoms with van der Waals surface area (Å²) in [6.07, 6.45) is 5.96. The fraction of sp³-hybridized carbons (Fsp3) is 0.542. The first-order valence-electron chi connectivity index (χ1n) is 11.7. The number of piperazine rings is 1. The van der Waals surface area contributed by atoms with Gasteiger partial charge in [0.05, 0.1) is 25.5 Å². The van der Waals surface area contributed by atoms with E-state index in [0.29, 0.717) is 29.5 Å². The van der Waals surface area contributed by atoms with Crippen LogP contribution in [0.15, 0.2) is 36.0 Å². The van der Waals surface area contributed by atoms with E-state index < -0.39 is 17.8 Å². The molecule has 3 amide bonds. The predicted octanol–water partition coefficient (Wildman–Crippen LogP) is 2.51. The van der Waals surface area contributed by atoms with Gasteiger partial charge in [0.15, 0.2) is 0 Å². The number of benzene rings is 1. The molecule has 1 unspecified atom stereocenters. The first-order chi connectivity index (χ1) is 16.3. The van der Waals surface area contributed by atoms with Crippen molar-refractivity contribution in [1.29, 1.82) is 5.41 Å². The summed E-state index contributed by atoms with van der Waals surface area (Å²) in [6.45, 7) is 4.04. The van der Waals surface area contributed by atoms with Crippen molar-refractivity contribution < 1.29 is 19.4 Å². The van der Waals surface area contributed by atoms with E-state index in [9.17, 15) is 14.7 Å². The molecule has 1 aliphatic carbocycles. The second kappa shape index (κ2) is 8.64. The molecule has 1 spiro atoms. The monoisotopic (exact) mass is 487 g/mol. The van der Waals surface area contributed by atoms with Gasteiger partial charge in [0.25, 0.3) is 5.91 Å². The number of rotatable bonds is 4. The minimum atomic E-state index is -1.33. The van der Waals surface area contributed by atoms with E-state index in [-0.39, 0.29) is 30.6 Å². The van der Waals surface area contributed by atoms with Gasteiger partial charge >= 0.3 is 6.03 Å². The zero-order valence-electron chi connectivity index (χ0n) is 19.2. The molecule has 182 valence electrons. The van der Waals surface area contributed by atoms with Gasteiger partial charge in [-0.1, -0.05) is 17.7 Å². The van der Waals surface area contributed by atoms with Crippen LogP contribution in [0.2, 0.25) is 5.02 Å². The standard InChI is InChI=1S/C24H30ClN5O4/c1-16-21(32)30-19(5-9-28-10-8-23(6-7-23)20(31)12-28)13-34-24(30,14-26)15-29(16)22(33)27-18-4-2-3-17(25)11-18/h2-5,11,14,16,20,26,31H,6-10,12-13,15H2,1H3,(H,27,33)/b19-5+,26-14?/t16-,20+,24?/m0/s1. The molecule has 5 rings (SSSR count). The highest BCUT2D eigenvalue weighted by Crippen LogP contribution is 2.53. The van der Waals surface area contributed by atoms with Crippen molar-refractivity contribution in [2.75, 3.05) is 38.1 Å². The smallest absolute Gasteiger partial charge is 0.322 e. The number of halogens is 1. The van der Waals surface area contributed by atoms with Crippen LogP contribution >= 0.6 is 11.6 Å². The molecular formula is C24H30ClN5O4. The highest BCUT2D eigenvalue weighted by Gasteiger charge is 2.55. The maximum Gasteiger partial charge on any atom is 0.322 e. The lowest BCUT2D eigenvalue weighted by atomic mass is 9.90. The third-order valence-electron chi connectivity index (χ3n) is 7.68. The fourth-order valence-corrected chi connectivity index (χ4v) is 5.44. The molecule has 34 heavy (non-hydrogen) atoms. The van der Waals surface area contributed by atoms with E-state index in [1.165, 1.54) is 9.80 Å². The number of ether oxygens (including phenoxy) is 1. The van der Waals surface area contributed by atoms with E-state index in [4.69, 9.17) is 21.7 Å². The Morgan fingerprint density at radius 1 is 1.38 bits per heavy atom. The number of nitrogens with zero attached hydrogens (tertiary/aromatic N) is 3. The highest BCUT2D eigenvalue weighted by atomic mass is 35.5. The van der Waals surface area contributed by atoms with Crippen LogP contribution < -0.4 is 5.32 Å². The molecule has 3 heterocycles. The van der Waals surface area contributed by atoms with Gasteiger partial charge < -0.3 is 25.5 Å². The molecular weight excluding hydrogens is 458 g/mol. The fourth-order valence-electron chi connectivity index (χ4n) is 5.25. The summed E-state index contributed by atoms with van der Waals surface area (Å²) < 4.78 is 5.96. The van der Waals surface area contributed by atoms with Crippen LogP contribution in [-0.4, -0.2) is 88.6 Å². The van der Waals surface area contributed by atoms with Gasteiger partial charge in [-0.2, -0.15) is 0 Å². The lowest BCUT2D eigenvalue weighted by Gasteiger charge is -2.46. The summed E-state index contributed by atoms with van der Waals surface area (Å²) in [7, 11) is 0. The number of fused-ring (bicyclic) bond motifs is 1. The largest absolute Gasteiger partial charge is 0.391 e. The molecule has 3 saturated heterocycles. The minimum Gasteiger partial charge on any atom is -0.391 e. The number of likely N-dealkylation sites (tertiary alicyclic amines) is 1. The maximum absolute atomic E-state index is 13.4. The summed E-state index contributed by atoms with van der Waals surface area (Å²) in [4.78, 5) is 31.5. The number of carbonyl (C=O) groups is 2. The number of hydrogen-bond acceptors (Lipinski definition) is 6. The van der Waals surface area contributed by atoms with Crippen LogP contribution in [0, 0.1) is 10.8 Å². The number of piperidine rings is 1. The van der Waals surface area contributed by atoms with Gasteiger partial charge in [0, 0.05) is 29.5 Å². The van der Waals surface area contributed by atoms with Crippen molar-refractivity contribution in [2.45, 2.75) is 44.1 Å². The lowest BCUT2D eigenvalue weighted by molar-refractivity contribution is -0.153. The van der Waals surface area contributed by atoms with Crippen molar-refractivity contribution in [3.63, 3.8) is 0 Å². The SMILES string of the molecule is C[C@H]1C(=O)N2/C(=C/CN3CCC4(CC4)[C@H](O)C3)COC2(C=N)CN1C(=O)Nc1cccc(Cl)c1. The van der Waals surface area contributed by atoms with Crippen molar-refractivity contribution >= 4 is 35.4 Å². The molecule has 0 radical (unpaired) electrons. The van der Waals surface area contributed by atoms with E-state index in [0.717, 1.165) is 32.0 Å². The average molecular weight is 488 g/mol. The molecule has 1 saturated carbocycles. The number of anilines is 1. The molecule has 4 aliphatic rings. The van der Waals surface area contributed by atoms with Crippen molar-refractivity contribution in [3.05, 3.63) is 41.1 Å². The number of aliphatic hydroxyl groups excluding tert-OH is 1. The van der Waals surface area contributed by atoms with Gasteiger partial charge in [-0.3, -0.25) is 14.6 Å². The summed E-state index contributed by atoms with van der Waals surface area (Å²) in [5, 5.41) is 21.8. The predicted molar refractivity (Wildman–Crippen MR) is 128 cm³/mol. The van der Waals surface area contributed by atoms with Gasteiger partial charge in [-0.05, 0) is 62.4 Å². The second-order valence-corrected chi connectivity index (χ2v) is 10.2. The first-order valence-corrected chi connectivity index (χ1v) is 12.1. The van der Waals surface area contributed by atoms with Crippen LogP contribution in [0.1, 0.15) is 26.2 Å². The molecule has 10 heteroatoms. The normalized spacial score (nSPS) is 31.6. The van der Waals surface area contributed by atoms with Gasteiger partial charge in [-0.25, -0.2) is 4.79 Å². The number of carbonyl (C=O) groups excluding carboxylic acids is 2. The molecule has 1 aromatic carbocycles. The Bertz CT molecular complexity index is 1040. The van der Waals surface area contributed by atoms with Crippen molar-refractivity contribution in [2.24, 2.45) is 5.41 Å². The quantitative estimate of drug-likeness (QED) is 0.565. The number of nitrogens with one attached hydrogen (secondary N) is 2. The highest BCUT2D eigenvalue weighted by molar-refractivity contribution is 6.30. The Hall–Kier alpha value is -2.46. The third kappa shape index (κ3) is 4.00. The number of β-amino-alcohol motifs (C(OH)–C–C–N with tert-alkyl or cyclic N) is 1. The first kappa shape index (κ1) is 23.3. The van der Waals surface area contributed by atoms with Crippen LogP contribution in [-0.2, 0) is 9.53 Å². The van der Waals surface area contributed by atoms with E-state index in [2.05, 4.69) is 10.2 Å². The molecule has 3 aliphatic heterocycles. The zero-order chi connectivity index (χ0) is 24.1. The maximum atomic E-state index is 13.4. The third-order valence-corrected chi connectivity index (χ3v) is 7.92.